The van der Waals surface area contributed by atoms with Crippen molar-refractivity contribution in [2.24, 2.45) is 11.3 Å². The molecule has 0 amide bonds. The van der Waals surface area contributed by atoms with Gasteiger partial charge in [-0.15, -0.1) is 0 Å². The van der Waals surface area contributed by atoms with E-state index < -0.39 is 0 Å². The van der Waals surface area contributed by atoms with E-state index in [1.165, 1.54) is 12.8 Å². The molecular weight excluding hydrogens is 160 g/mol. The van der Waals surface area contributed by atoms with Crippen LogP contribution in [0.5, 0.6) is 0 Å². The Labute approximate surface area is 81.8 Å². The number of nitrogens with one attached hydrogen (secondary N) is 1. The normalized spacial score (nSPS) is 19.8. The number of nitrogens with zero attached hydrogens (tertiary/aromatic N) is 1. The molecule has 0 aromatic heterocycles. The zero-order valence-corrected chi connectivity index (χ0v) is 9.52. The minimum atomic E-state index is -0.0160. The van der Waals surface area contributed by atoms with Crippen molar-refractivity contribution in [2.75, 3.05) is 7.05 Å². The van der Waals surface area contributed by atoms with E-state index in [0.29, 0.717) is 6.04 Å². The van der Waals surface area contributed by atoms with Crippen LogP contribution in [0.1, 0.15) is 40.5 Å². The summed E-state index contributed by atoms with van der Waals surface area (Å²) in [5.41, 5.74) is -0.0160. The van der Waals surface area contributed by atoms with Crippen molar-refractivity contribution < 1.29 is 0 Å². The Morgan fingerprint density at radius 3 is 2.15 bits per heavy atom. The highest BCUT2D eigenvalue weighted by Gasteiger charge is 2.33. The summed E-state index contributed by atoms with van der Waals surface area (Å²) in [6.45, 7) is 8.54. The fraction of sp³-hybridized carbons (Fsp3) is 0.909. The highest BCUT2D eigenvalue weighted by molar-refractivity contribution is 5.84. The summed E-state index contributed by atoms with van der Waals surface area (Å²) >= 11 is 0. The Hall–Kier alpha value is -0.530. The Bertz CT molecular complexity index is 199. The van der Waals surface area contributed by atoms with Gasteiger partial charge in [0.2, 0.25) is 0 Å². The van der Waals surface area contributed by atoms with Crippen molar-refractivity contribution in [3.05, 3.63) is 0 Å². The monoisotopic (exact) mass is 182 g/mol. The first kappa shape index (κ1) is 10.6. The lowest BCUT2D eigenvalue weighted by atomic mass is 9.93. The zero-order valence-electron chi connectivity index (χ0n) is 9.52. The van der Waals surface area contributed by atoms with Crippen molar-refractivity contribution in [3.63, 3.8) is 0 Å². The van der Waals surface area contributed by atoms with E-state index in [0.717, 1.165) is 11.8 Å². The molecule has 1 N–H and O–H groups in total. The van der Waals surface area contributed by atoms with Crippen LogP contribution in [0.3, 0.4) is 0 Å². The number of amidine groups is 1. The van der Waals surface area contributed by atoms with Crippen LogP contribution in [0, 0.1) is 16.7 Å². The lowest BCUT2D eigenvalue weighted by molar-refractivity contribution is 0.318. The van der Waals surface area contributed by atoms with Crippen molar-refractivity contribution in [1.29, 1.82) is 5.41 Å². The maximum absolute atomic E-state index is 8.02. The molecule has 0 radical (unpaired) electrons. The minimum Gasteiger partial charge on any atom is -0.360 e. The Balaban J connectivity index is 2.55. The van der Waals surface area contributed by atoms with Gasteiger partial charge in [0.05, 0.1) is 0 Å². The van der Waals surface area contributed by atoms with Crippen LogP contribution in [0.4, 0.5) is 0 Å². The molecule has 1 rings (SSSR count). The summed E-state index contributed by atoms with van der Waals surface area (Å²) in [6, 6.07) is 0.548. The first-order valence-corrected chi connectivity index (χ1v) is 5.16. The fourth-order valence-corrected chi connectivity index (χ4v) is 1.63. The molecule has 1 saturated carbocycles. The van der Waals surface area contributed by atoms with Crippen LogP contribution in [-0.2, 0) is 0 Å². The summed E-state index contributed by atoms with van der Waals surface area (Å²) in [5.74, 6) is 1.60. The average molecular weight is 182 g/mol. The van der Waals surface area contributed by atoms with Crippen LogP contribution >= 0.6 is 0 Å². The molecule has 0 spiro atoms. The quantitative estimate of drug-likeness (QED) is 0.516. The van der Waals surface area contributed by atoms with Crippen LogP contribution in [0.15, 0.2) is 0 Å². The van der Waals surface area contributed by atoms with Gasteiger partial charge in [-0.2, -0.15) is 0 Å². The standard InChI is InChI=1S/C11H22N2/c1-8(9-6-7-9)13(5)10(12)11(2,3)4/h8-9,12H,6-7H2,1-5H3. The maximum atomic E-state index is 8.02. The number of rotatable bonds is 2. The van der Waals surface area contributed by atoms with Gasteiger partial charge in [-0.05, 0) is 25.7 Å². The van der Waals surface area contributed by atoms with Gasteiger partial charge in [0, 0.05) is 18.5 Å². The van der Waals surface area contributed by atoms with Gasteiger partial charge in [0.1, 0.15) is 5.84 Å². The van der Waals surface area contributed by atoms with E-state index in [2.05, 4.69) is 39.6 Å². The molecule has 0 bridgehead atoms. The fourth-order valence-electron chi connectivity index (χ4n) is 1.63. The molecule has 2 heteroatoms. The second-order valence-corrected chi connectivity index (χ2v) is 5.29. The largest absolute Gasteiger partial charge is 0.360 e. The van der Waals surface area contributed by atoms with E-state index in [-0.39, 0.29) is 5.41 Å². The van der Waals surface area contributed by atoms with Gasteiger partial charge >= 0.3 is 0 Å². The molecule has 0 saturated heterocycles. The van der Waals surface area contributed by atoms with Crippen molar-refractivity contribution >= 4 is 5.84 Å². The topological polar surface area (TPSA) is 27.1 Å². The van der Waals surface area contributed by atoms with Crippen LogP contribution < -0.4 is 0 Å². The third-order valence-corrected chi connectivity index (χ3v) is 2.98. The number of hydrogen-bond donors (Lipinski definition) is 1. The molecular formula is C11H22N2. The second-order valence-electron chi connectivity index (χ2n) is 5.29. The van der Waals surface area contributed by atoms with Gasteiger partial charge < -0.3 is 4.90 Å². The Morgan fingerprint density at radius 2 is 1.85 bits per heavy atom. The summed E-state index contributed by atoms with van der Waals surface area (Å²) < 4.78 is 0. The third-order valence-electron chi connectivity index (χ3n) is 2.98. The van der Waals surface area contributed by atoms with Crippen LogP contribution in [-0.4, -0.2) is 23.8 Å². The molecule has 1 atom stereocenters. The molecule has 76 valence electrons. The molecule has 1 aliphatic carbocycles. The second kappa shape index (κ2) is 3.32. The summed E-state index contributed by atoms with van der Waals surface area (Å²) in [7, 11) is 2.05. The lowest BCUT2D eigenvalue weighted by Gasteiger charge is -2.34. The van der Waals surface area contributed by atoms with Gasteiger partial charge in [-0.3, -0.25) is 5.41 Å². The molecule has 13 heavy (non-hydrogen) atoms. The van der Waals surface area contributed by atoms with Crippen molar-refractivity contribution in [1.82, 2.24) is 4.90 Å². The van der Waals surface area contributed by atoms with Crippen molar-refractivity contribution in [3.8, 4) is 0 Å². The highest BCUT2D eigenvalue weighted by atomic mass is 15.2. The molecule has 2 nitrogen and oxygen atoms in total. The Morgan fingerprint density at radius 1 is 1.38 bits per heavy atom. The Kier molecular flexibility index (Phi) is 2.69. The maximum Gasteiger partial charge on any atom is 0.101 e. The van der Waals surface area contributed by atoms with Gasteiger partial charge in [0.15, 0.2) is 0 Å². The first-order chi connectivity index (χ1) is 5.84. The van der Waals surface area contributed by atoms with E-state index in [4.69, 9.17) is 5.41 Å². The molecule has 1 fully saturated rings. The first-order valence-electron chi connectivity index (χ1n) is 5.16. The van der Waals surface area contributed by atoms with E-state index in [9.17, 15) is 0 Å². The van der Waals surface area contributed by atoms with Crippen molar-refractivity contribution in [2.45, 2.75) is 46.6 Å². The highest BCUT2D eigenvalue weighted by Crippen LogP contribution is 2.35. The lowest BCUT2D eigenvalue weighted by Crippen LogP contribution is -2.42. The minimum absolute atomic E-state index is 0.0160. The molecule has 1 unspecified atom stereocenters. The SMILES string of the molecule is CC(C1CC1)N(C)C(=N)C(C)(C)C. The third kappa shape index (κ3) is 2.45. The predicted octanol–water partition coefficient (Wildman–Crippen LogP) is 2.74. The summed E-state index contributed by atoms with van der Waals surface area (Å²) in [4.78, 5) is 2.14. The summed E-state index contributed by atoms with van der Waals surface area (Å²) in [5, 5.41) is 8.02. The van der Waals surface area contributed by atoms with Gasteiger partial charge in [0.25, 0.3) is 0 Å². The molecule has 0 heterocycles. The molecule has 1 aliphatic rings. The zero-order chi connectivity index (χ0) is 10.2. The smallest absolute Gasteiger partial charge is 0.101 e. The van der Waals surface area contributed by atoms with E-state index >= 15 is 0 Å². The molecule has 0 aromatic rings. The predicted molar refractivity (Wildman–Crippen MR) is 57.1 cm³/mol. The van der Waals surface area contributed by atoms with Gasteiger partial charge in [-0.25, -0.2) is 0 Å². The van der Waals surface area contributed by atoms with Crippen LogP contribution in [0.25, 0.3) is 0 Å². The van der Waals surface area contributed by atoms with E-state index in [1.807, 2.05) is 0 Å². The van der Waals surface area contributed by atoms with Gasteiger partial charge in [-0.1, -0.05) is 20.8 Å². The molecule has 0 aromatic carbocycles. The van der Waals surface area contributed by atoms with E-state index in [1.54, 1.807) is 0 Å². The van der Waals surface area contributed by atoms with Crippen LogP contribution in [0.2, 0.25) is 0 Å². The average Bonchev–Trinajstić information content (AvgIpc) is 2.81. The molecule has 0 aliphatic heterocycles. The summed E-state index contributed by atoms with van der Waals surface area (Å²) in [6.07, 6.45) is 2.70. The number of hydrogen-bond acceptors (Lipinski definition) is 1.